The van der Waals surface area contributed by atoms with Crippen molar-refractivity contribution in [1.29, 1.82) is 0 Å². The highest BCUT2D eigenvalue weighted by Crippen LogP contribution is 2.41. The van der Waals surface area contributed by atoms with Gasteiger partial charge in [-0.05, 0) is 56.2 Å². The fourth-order valence-corrected chi connectivity index (χ4v) is 3.10. The van der Waals surface area contributed by atoms with Gasteiger partial charge in [0.25, 0.3) is 0 Å². The SMILES string of the molecule is O=C(CCC1CCNC1)NC(c1ccccc1)C1CC1. The summed E-state index contributed by atoms with van der Waals surface area (Å²) in [6.45, 7) is 2.19. The van der Waals surface area contributed by atoms with Crippen LogP contribution in [0.5, 0.6) is 0 Å². The second-order valence-corrected chi connectivity index (χ2v) is 6.19. The van der Waals surface area contributed by atoms with Crippen LogP contribution >= 0.6 is 0 Å². The lowest BCUT2D eigenvalue weighted by atomic mass is 10.00. The molecule has 3 rings (SSSR count). The Labute approximate surface area is 121 Å². The summed E-state index contributed by atoms with van der Waals surface area (Å²) in [5.41, 5.74) is 1.26. The highest BCUT2D eigenvalue weighted by molar-refractivity contribution is 5.76. The van der Waals surface area contributed by atoms with Gasteiger partial charge in [0.05, 0.1) is 6.04 Å². The first-order valence-electron chi connectivity index (χ1n) is 7.88. The highest BCUT2D eigenvalue weighted by Gasteiger charge is 2.33. The molecule has 108 valence electrons. The Morgan fingerprint density at radius 1 is 1.25 bits per heavy atom. The summed E-state index contributed by atoms with van der Waals surface area (Å²) in [6, 6.07) is 10.6. The number of amides is 1. The lowest BCUT2D eigenvalue weighted by Crippen LogP contribution is -2.30. The number of carbonyl (C=O) groups is 1. The van der Waals surface area contributed by atoms with E-state index in [9.17, 15) is 4.79 Å². The van der Waals surface area contributed by atoms with Crippen molar-refractivity contribution in [3.63, 3.8) is 0 Å². The summed E-state index contributed by atoms with van der Waals surface area (Å²) in [4.78, 5) is 12.2. The van der Waals surface area contributed by atoms with E-state index >= 15 is 0 Å². The van der Waals surface area contributed by atoms with Crippen LogP contribution < -0.4 is 10.6 Å². The topological polar surface area (TPSA) is 41.1 Å². The first-order valence-corrected chi connectivity index (χ1v) is 7.88. The molecule has 2 unspecified atom stereocenters. The van der Waals surface area contributed by atoms with Crippen LogP contribution in [0.2, 0.25) is 0 Å². The second-order valence-electron chi connectivity index (χ2n) is 6.19. The van der Waals surface area contributed by atoms with Crippen LogP contribution in [0.25, 0.3) is 0 Å². The van der Waals surface area contributed by atoms with E-state index in [4.69, 9.17) is 0 Å². The molecule has 0 aromatic heterocycles. The monoisotopic (exact) mass is 272 g/mol. The Balaban J connectivity index is 1.52. The standard InChI is InChI=1S/C17H24N2O/c20-16(9-6-13-10-11-18-12-13)19-17(15-7-8-15)14-4-2-1-3-5-14/h1-5,13,15,17-18H,6-12H2,(H,19,20). The van der Waals surface area contributed by atoms with E-state index < -0.39 is 0 Å². The highest BCUT2D eigenvalue weighted by atomic mass is 16.1. The van der Waals surface area contributed by atoms with Crippen molar-refractivity contribution in [1.82, 2.24) is 10.6 Å². The minimum atomic E-state index is 0.220. The summed E-state index contributed by atoms with van der Waals surface area (Å²) in [7, 11) is 0. The van der Waals surface area contributed by atoms with Gasteiger partial charge in [-0.2, -0.15) is 0 Å². The number of hydrogen-bond acceptors (Lipinski definition) is 2. The molecule has 2 atom stereocenters. The molecule has 2 aliphatic rings. The molecule has 0 bridgehead atoms. The van der Waals surface area contributed by atoms with Gasteiger partial charge in [-0.15, -0.1) is 0 Å². The average Bonchev–Trinajstić information content (AvgIpc) is 3.19. The van der Waals surface area contributed by atoms with E-state index in [0.29, 0.717) is 18.3 Å². The van der Waals surface area contributed by atoms with Gasteiger partial charge < -0.3 is 10.6 Å². The Hall–Kier alpha value is -1.35. The average molecular weight is 272 g/mol. The van der Waals surface area contributed by atoms with Gasteiger partial charge in [0.2, 0.25) is 5.91 Å². The zero-order valence-corrected chi connectivity index (χ0v) is 12.0. The maximum Gasteiger partial charge on any atom is 0.220 e. The Kier molecular flexibility index (Phi) is 4.36. The first kappa shape index (κ1) is 13.6. The van der Waals surface area contributed by atoms with Gasteiger partial charge in [-0.3, -0.25) is 4.79 Å². The zero-order valence-electron chi connectivity index (χ0n) is 12.0. The van der Waals surface area contributed by atoms with Crippen molar-refractivity contribution in [2.75, 3.05) is 13.1 Å². The molecule has 3 heteroatoms. The van der Waals surface area contributed by atoms with Crippen molar-refractivity contribution in [2.45, 2.75) is 38.1 Å². The predicted octanol–water partition coefficient (Wildman–Crippen LogP) is 2.64. The predicted molar refractivity (Wildman–Crippen MR) is 80.3 cm³/mol. The van der Waals surface area contributed by atoms with Gasteiger partial charge in [0, 0.05) is 6.42 Å². The molecule has 1 saturated carbocycles. The van der Waals surface area contributed by atoms with E-state index in [1.54, 1.807) is 0 Å². The minimum absolute atomic E-state index is 0.220. The normalized spacial score (nSPS) is 23.5. The molecular weight excluding hydrogens is 248 g/mol. The molecule has 1 heterocycles. The number of hydrogen-bond donors (Lipinski definition) is 2. The number of rotatable bonds is 6. The van der Waals surface area contributed by atoms with Crippen LogP contribution in [0.15, 0.2) is 30.3 Å². The van der Waals surface area contributed by atoms with Gasteiger partial charge in [0.1, 0.15) is 0 Å². The summed E-state index contributed by atoms with van der Waals surface area (Å²) in [5, 5.41) is 6.62. The molecule has 3 nitrogen and oxygen atoms in total. The van der Waals surface area contributed by atoms with Gasteiger partial charge in [-0.25, -0.2) is 0 Å². The second kappa shape index (κ2) is 6.40. The maximum absolute atomic E-state index is 12.2. The summed E-state index contributed by atoms with van der Waals surface area (Å²) < 4.78 is 0. The first-order chi connectivity index (χ1) is 9.83. The molecule has 1 aliphatic heterocycles. The van der Waals surface area contributed by atoms with Crippen molar-refractivity contribution >= 4 is 5.91 Å². The molecule has 1 saturated heterocycles. The van der Waals surface area contributed by atoms with Crippen molar-refractivity contribution in [3.05, 3.63) is 35.9 Å². The fraction of sp³-hybridized carbons (Fsp3) is 0.588. The van der Waals surface area contributed by atoms with Gasteiger partial charge in [-0.1, -0.05) is 30.3 Å². The Bertz CT molecular complexity index is 436. The molecule has 1 aromatic rings. The third-order valence-electron chi connectivity index (χ3n) is 4.51. The summed E-state index contributed by atoms with van der Waals surface area (Å²) in [5.74, 6) is 1.56. The summed E-state index contributed by atoms with van der Waals surface area (Å²) >= 11 is 0. The van der Waals surface area contributed by atoms with E-state index in [-0.39, 0.29) is 11.9 Å². The van der Waals surface area contributed by atoms with Crippen LogP contribution in [0.4, 0.5) is 0 Å². The molecule has 20 heavy (non-hydrogen) atoms. The Morgan fingerprint density at radius 3 is 2.70 bits per heavy atom. The van der Waals surface area contributed by atoms with Gasteiger partial charge >= 0.3 is 0 Å². The van der Waals surface area contributed by atoms with Crippen molar-refractivity contribution in [3.8, 4) is 0 Å². The maximum atomic E-state index is 12.2. The van der Waals surface area contributed by atoms with Crippen LogP contribution in [0, 0.1) is 11.8 Å². The quantitative estimate of drug-likeness (QED) is 0.836. The van der Waals surface area contributed by atoms with E-state index in [2.05, 4.69) is 34.9 Å². The molecule has 2 fully saturated rings. The Morgan fingerprint density at radius 2 is 2.05 bits per heavy atom. The number of nitrogens with one attached hydrogen (secondary N) is 2. The molecule has 2 N–H and O–H groups in total. The molecule has 1 aromatic carbocycles. The number of carbonyl (C=O) groups excluding carboxylic acids is 1. The van der Waals surface area contributed by atoms with Crippen LogP contribution in [0.3, 0.4) is 0 Å². The molecule has 1 aliphatic carbocycles. The zero-order chi connectivity index (χ0) is 13.8. The smallest absolute Gasteiger partial charge is 0.220 e. The lowest BCUT2D eigenvalue weighted by Gasteiger charge is -2.19. The minimum Gasteiger partial charge on any atom is -0.349 e. The fourth-order valence-electron chi connectivity index (χ4n) is 3.10. The van der Waals surface area contributed by atoms with E-state index in [1.165, 1.54) is 24.8 Å². The van der Waals surface area contributed by atoms with E-state index in [0.717, 1.165) is 19.5 Å². The third kappa shape index (κ3) is 3.60. The number of benzene rings is 1. The van der Waals surface area contributed by atoms with E-state index in [1.807, 2.05) is 6.07 Å². The molecular formula is C17H24N2O. The largest absolute Gasteiger partial charge is 0.349 e. The molecule has 0 spiro atoms. The summed E-state index contributed by atoms with van der Waals surface area (Å²) in [6.07, 6.45) is 5.39. The molecule has 1 amide bonds. The molecule has 0 radical (unpaired) electrons. The van der Waals surface area contributed by atoms with Crippen LogP contribution in [0.1, 0.15) is 43.7 Å². The van der Waals surface area contributed by atoms with Crippen molar-refractivity contribution in [2.24, 2.45) is 11.8 Å². The van der Waals surface area contributed by atoms with Crippen molar-refractivity contribution < 1.29 is 4.79 Å². The van der Waals surface area contributed by atoms with Crippen LogP contribution in [-0.4, -0.2) is 19.0 Å². The van der Waals surface area contributed by atoms with Gasteiger partial charge in [0.15, 0.2) is 0 Å². The lowest BCUT2D eigenvalue weighted by molar-refractivity contribution is -0.122. The van der Waals surface area contributed by atoms with Crippen LogP contribution in [-0.2, 0) is 4.79 Å². The third-order valence-corrected chi connectivity index (χ3v) is 4.51.